The zero-order valence-electron chi connectivity index (χ0n) is 71.9. The number of rotatable bonds is 10. The lowest BCUT2D eigenvalue weighted by atomic mass is 9.88. The summed E-state index contributed by atoms with van der Waals surface area (Å²) in [6, 6.07) is 12.0. The minimum absolute atomic E-state index is 0. The third kappa shape index (κ3) is 40.5. The Hall–Kier alpha value is -8.06. The van der Waals surface area contributed by atoms with Crippen LogP contribution in [0.4, 0.5) is 0 Å². The van der Waals surface area contributed by atoms with Gasteiger partial charge in [-0.2, -0.15) is 25.0 Å². The molecular weight excluding hydrogens is 1450 g/mol. The van der Waals surface area contributed by atoms with Gasteiger partial charge in [-0.1, -0.05) is 297 Å². The zero-order valence-corrected chi connectivity index (χ0v) is 72.8. The molecule has 1 saturated heterocycles. The molecule has 2 fully saturated rings. The SMILES string of the molecule is C.C.C.C.C.C.C.C=C(c1cc(C(C)(C)C)on1)N1CCOCC1.CC(C)(C)c1cc(C(C)(C)C)on1.CC(C)c1cc(C(C)C)on1.CC(C)c1nc(C2CC2)no1.CC(C)c1noc(C(C)C)n1.CN(C)C(=O)c1cc(C(C)(C)C)on1.Cc1cc(C(C)C)ccn1.Cc1nnc(C(C)(C)C)s1.Cn1ncc(C(C)(C)C)n1. The maximum absolute atomic E-state index is 11.5. The van der Waals surface area contributed by atoms with Crippen molar-refractivity contribution < 1.29 is 36.7 Å². The highest BCUT2D eigenvalue weighted by Crippen LogP contribution is 2.39. The van der Waals surface area contributed by atoms with Gasteiger partial charge in [0.05, 0.1) is 42.2 Å². The van der Waals surface area contributed by atoms with Crippen LogP contribution in [0.15, 0.2) is 82.5 Å². The van der Waals surface area contributed by atoms with Gasteiger partial charge in [-0.25, -0.2) is 0 Å². The molecule has 10 heterocycles. The molecule has 0 atom stereocenters. The van der Waals surface area contributed by atoms with E-state index in [1.54, 1.807) is 42.5 Å². The minimum atomic E-state index is -0.135. The van der Waals surface area contributed by atoms with Crippen LogP contribution in [0.2, 0.25) is 0 Å². The van der Waals surface area contributed by atoms with Crippen molar-refractivity contribution in [3.8, 4) is 0 Å². The number of pyridine rings is 1. The summed E-state index contributed by atoms with van der Waals surface area (Å²) >= 11 is 1.67. The predicted molar refractivity (Wildman–Crippen MR) is 475 cm³/mol. The first-order chi connectivity index (χ1) is 49.2. The summed E-state index contributed by atoms with van der Waals surface area (Å²) in [4.78, 5) is 29.4. The van der Waals surface area contributed by atoms with E-state index in [1.807, 2.05) is 73.8 Å². The Bertz CT molecular complexity index is 3750. The molecule has 0 aromatic carbocycles. The van der Waals surface area contributed by atoms with E-state index in [4.69, 9.17) is 31.9 Å². The molecule has 1 saturated carbocycles. The molecule has 114 heavy (non-hydrogen) atoms. The average molecular weight is 1620 g/mol. The van der Waals surface area contributed by atoms with Gasteiger partial charge in [0.2, 0.25) is 11.8 Å². The van der Waals surface area contributed by atoms with Gasteiger partial charge in [0.1, 0.15) is 38.8 Å². The highest BCUT2D eigenvalue weighted by Gasteiger charge is 2.30. The van der Waals surface area contributed by atoms with Crippen molar-refractivity contribution in [3.05, 3.63) is 152 Å². The standard InChI is InChI=1S/C13H20N2O2.C11H19NO.C10H16N2O2.C9H15NO.C9H13N.C8H12N2O.C8H14N2O.C7H13N3.C7H12N2S.7CH4/c1-10(15-5-7-16-8-6-15)11-9-12(17-14-11)13(2,3)4;1-10(2,3)8-7-9(13-12-8)11(4,5)6;1-10(2,3)8-6-7(11-14-8)9(13)12(4)5;1-6(2)8-5-9(7(3)4)11-10-8;1-7(2)9-4-5-10-8(3)6-9;1-5(2)8-9-7(10-11-8)6-3-4-6;1-5(2)7-9-8(6(3)4)11-10-7;1-7(2,3)6-5-8-10(4)9-6;1-5-8-9-6(10-5)7(2,3)4;;;;;;;/h9H,1,5-8H2,2-4H3;7H,1-6H3;6H,1-5H3;5-7H,1-4H3;4-7H,1-3H3;5-6H,3-4H2,1-2H3;5-6H,1-4H3;5H,1-4H3;1-4H3;7*1H4. The maximum Gasteiger partial charge on any atom is 0.275 e. The van der Waals surface area contributed by atoms with E-state index < -0.39 is 0 Å². The number of hydrogen-bond acceptors (Lipinski definition) is 23. The number of nitrogens with zero attached hydrogens (tertiary/aromatic N) is 16. The molecule has 0 spiro atoms. The average Bonchev–Trinajstić information content (AvgIpc) is 1.60. The molecule has 0 bridgehead atoms. The lowest BCUT2D eigenvalue weighted by molar-refractivity contribution is 0.0638. The molecule has 11 rings (SSSR count). The Labute approximate surface area is 696 Å². The summed E-state index contributed by atoms with van der Waals surface area (Å²) in [5.41, 5.74) is 7.97. The monoisotopic (exact) mass is 1620 g/mol. The summed E-state index contributed by atoms with van der Waals surface area (Å²) in [5, 5.41) is 42.0. The normalized spacial score (nSPS) is 12.4. The van der Waals surface area contributed by atoms with E-state index in [-0.39, 0.29) is 90.4 Å². The molecule has 0 unspecified atom stereocenters. The number of carbonyl (C=O) groups excluding carboxylic acids is 1. The van der Waals surface area contributed by atoms with Crippen LogP contribution in [0.5, 0.6) is 0 Å². The fourth-order valence-electron chi connectivity index (χ4n) is 8.47. The lowest BCUT2D eigenvalue weighted by Gasteiger charge is -2.29. The fourth-order valence-corrected chi connectivity index (χ4v) is 9.22. The molecule has 1 amide bonds. The second-order valence-electron chi connectivity index (χ2n) is 35.4. The van der Waals surface area contributed by atoms with E-state index in [0.29, 0.717) is 47.1 Å². The van der Waals surface area contributed by atoms with Gasteiger partial charge < -0.3 is 41.7 Å². The summed E-state index contributed by atoms with van der Waals surface area (Å²) in [6.07, 6.45) is 6.14. The third-order valence-electron chi connectivity index (χ3n) is 16.0. The Morgan fingerprint density at radius 2 is 1.00 bits per heavy atom. The van der Waals surface area contributed by atoms with Crippen molar-refractivity contribution in [2.45, 2.75) is 360 Å². The van der Waals surface area contributed by atoms with Crippen LogP contribution in [0, 0.1) is 13.8 Å². The summed E-state index contributed by atoms with van der Waals surface area (Å²) in [5.74, 6) is 9.79. The van der Waals surface area contributed by atoms with E-state index in [2.05, 4.69) is 269 Å². The molecule has 0 radical (unpaired) electrons. The van der Waals surface area contributed by atoms with Gasteiger partial charge in [0.25, 0.3) is 5.91 Å². The predicted octanol–water partition coefficient (Wildman–Crippen LogP) is 24.7. The lowest BCUT2D eigenvalue weighted by Crippen LogP contribution is -2.34. The summed E-state index contributed by atoms with van der Waals surface area (Å²) in [7, 11) is 5.21. The Balaban J connectivity index is -0.000000390. The number of morpholine rings is 1. The second kappa shape index (κ2) is 50.4. The number of amides is 1. The van der Waals surface area contributed by atoms with Crippen LogP contribution in [-0.2, 0) is 44.3 Å². The van der Waals surface area contributed by atoms with Crippen molar-refractivity contribution in [3.63, 3.8) is 0 Å². The van der Waals surface area contributed by atoms with Crippen LogP contribution in [0.25, 0.3) is 5.70 Å². The first-order valence-electron chi connectivity index (χ1n) is 37.6. The largest absolute Gasteiger partial charge is 0.378 e. The topological polar surface area (TPSA) is 284 Å². The quantitative estimate of drug-likeness (QED) is 0.123. The fraction of sp³-hybridized carbons (Fsp3) is 0.685. The van der Waals surface area contributed by atoms with Gasteiger partial charge in [0.15, 0.2) is 17.3 Å². The van der Waals surface area contributed by atoms with E-state index in [1.165, 1.54) is 23.3 Å². The van der Waals surface area contributed by atoms with Crippen molar-refractivity contribution >= 4 is 22.9 Å². The van der Waals surface area contributed by atoms with E-state index >= 15 is 0 Å². The summed E-state index contributed by atoms with van der Waals surface area (Å²) in [6.45, 7) is 74.4. The van der Waals surface area contributed by atoms with Crippen LogP contribution in [-0.4, -0.2) is 127 Å². The Morgan fingerprint density at radius 3 is 1.31 bits per heavy atom. The summed E-state index contributed by atoms with van der Waals surface area (Å²) < 4.78 is 36.3. The van der Waals surface area contributed by atoms with Crippen molar-refractivity contribution in [2.24, 2.45) is 7.05 Å². The van der Waals surface area contributed by atoms with Gasteiger partial charge >= 0.3 is 0 Å². The number of hydrogen-bond donors (Lipinski definition) is 0. The van der Waals surface area contributed by atoms with Crippen molar-refractivity contribution in [1.82, 2.24) is 80.9 Å². The van der Waals surface area contributed by atoms with Gasteiger partial charge in [-0.05, 0) is 56.2 Å². The molecule has 1 aliphatic heterocycles. The number of carbonyl (C=O) groups is 1. The zero-order chi connectivity index (χ0) is 81.5. The Kier molecular flexibility index (Phi) is 50.7. The molecule has 2 aliphatic rings. The third-order valence-corrected chi connectivity index (χ3v) is 17.3. The second-order valence-corrected chi connectivity index (χ2v) is 36.6. The Morgan fingerprint density at radius 1 is 0.518 bits per heavy atom. The van der Waals surface area contributed by atoms with E-state index in [9.17, 15) is 4.79 Å². The molecule has 1 aliphatic carbocycles. The van der Waals surface area contributed by atoms with Crippen LogP contribution in [0.1, 0.15) is 415 Å². The molecule has 9 aromatic heterocycles. The number of ether oxygens (including phenoxy) is 1. The first-order valence-corrected chi connectivity index (χ1v) is 38.4. The highest BCUT2D eigenvalue weighted by atomic mass is 32.1. The van der Waals surface area contributed by atoms with Gasteiger partial charge in [-0.15, -0.1) is 21.5 Å². The molecule has 0 N–H and O–H groups in total. The van der Waals surface area contributed by atoms with Gasteiger partial charge in [-0.3, -0.25) is 9.78 Å². The molecule has 652 valence electrons. The minimum Gasteiger partial charge on any atom is -0.378 e. The maximum atomic E-state index is 11.5. The van der Waals surface area contributed by atoms with Crippen LogP contribution in [0.3, 0.4) is 0 Å². The van der Waals surface area contributed by atoms with Gasteiger partial charge in [0, 0.05) is 132 Å². The molecular formula is C89H162N16O8S. The van der Waals surface area contributed by atoms with Crippen molar-refractivity contribution in [1.29, 1.82) is 0 Å². The van der Waals surface area contributed by atoms with Crippen LogP contribution < -0.4 is 0 Å². The number of aryl methyl sites for hydroxylation is 3. The molecule has 24 nitrogen and oxygen atoms in total. The smallest absolute Gasteiger partial charge is 0.275 e. The van der Waals surface area contributed by atoms with Crippen LogP contribution >= 0.6 is 11.3 Å². The van der Waals surface area contributed by atoms with E-state index in [0.717, 1.165) is 117 Å². The molecule has 9 aromatic rings. The van der Waals surface area contributed by atoms with Crippen molar-refractivity contribution in [2.75, 3.05) is 40.4 Å². The molecule has 25 heteroatoms. The highest BCUT2D eigenvalue weighted by molar-refractivity contribution is 7.11. The first kappa shape index (κ1) is 115. The number of aromatic nitrogens is 14.